The molecule has 0 bridgehead atoms. The van der Waals surface area contributed by atoms with Crippen LogP contribution in [0.5, 0.6) is 17.2 Å². The van der Waals surface area contributed by atoms with Gasteiger partial charge < -0.3 is 14.6 Å². The first-order chi connectivity index (χ1) is 10.6. The van der Waals surface area contributed by atoms with Crippen molar-refractivity contribution in [1.29, 1.82) is 0 Å². The largest absolute Gasteiger partial charge is 0.508 e. The van der Waals surface area contributed by atoms with Crippen molar-refractivity contribution < 1.29 is 14.6 Å². The van der Waals surface area contributed by atoms with E-state index in [9.17, 15) is 5.11 Å². The second-order valence-corrected chi connectivity index (χ2v) is 6.33. The van der Waals surface area contributed by atoms with Gasteiger partial charge in [-0.1, -0.05) is 39.1 Å². The smallest absolute Gasteiger partial charge is 0.156 e. The number of benzene rings is 2. The van der Waals surface area contributed by atoms with Crippen LogP contribution < -0.4 is 9.47 Å². The van der Waals surface area contributed by atoms with Gasteiger partial charge in [-0.25, -0.2) is 0 Å². The lowest BCUT2D eigenvalue weighted by atomic mass is 10.3. The number of hydrogen-bond acceptors (Lipinski definition) is 3. The van der Waals surface area contributed by atoms with Gasteiger partial charge in [-0.2, -0.15) is 0 Å². The summed E-state index contributed by atoms with van der Waals surface area (Å²) >= 11 is 15.3. The van der Waals surface area contributed by atoms with Gasteiger partial charge in [0.05, 0.1) is 23.3 Å². The highest BCUT2D eigenvalue weighted by atomic mass is 79.9. The molecule has 0 aliphatic heterocycles. The summed E-state index contributed by atoms with van der Waals surface area (Å²) in [7, 11) is 0. The van der Waals surface area contributed by atoms with Crippen LogP contribution in [0.1, 0.15) is 12.8 Å². The highest BCUT2D eigenvalue weighted by Crippen LogP contribution is 2.36. The van der Waals surface area contributed by atoms with Crippen molar-refractivity contribution in [1.82, 2.24) is 0 Å². The average molecular weight is 406 g/mol. The number of unbranched alkanes of at least 4 members (excludes halogenated alkanes) is 1. The van der Waals surface area contributed by atoms with Crippen molar-refractivity contribution in [3.63, 3.8) is 0 Å². The Hall–Kier alpha value is -1.10. The maximum Gasteiger partial charge on any atom is 0.156 e. The summed E-state index contributed by atoms with van der Waals surface area (Å²) in [5.74, 6) is 1.26. The molecule has 2 rings (SSSR count). The molecular formula is C16H15BrCl2O3. The van der Waals surface area contributed by atoms with Crippen LogP contribution in [0.4, 0.5) is 0 Å². The van der Waals surface area contributed by atoms with Crippen LogP contribution in [0, 0.1) is 0 Å². The molecule has 0 spiro atoms. The van der Waals surface area contributed by atoms with Crippen LogP contribution in [-0.4, -0.2) is 18.3 Å². The lowest BCUT2D eigenvalue weighted by Gasteiger charge is -2.10. The van der Waals surface area contributed by atoms with Crippen molar-refractivity contribution >= 4 is 39.1 Å². The van der Waals surface area contributed by atoms with E-state index in [4.69, 9.17) is 32.7 Å². The molecule has 0 fully saturated rings. The Morgan fingerprint density at radius 3 is 2.05 bits per heavy atom. The standard InChI is InChI=1S/C16H15BrCl2O3/c17-11-3-5-13(6-4-11)21-7-1-2-8-22-16-14(18)9-12(20)10-15(16)19/h3-6,9-10,20H,1-2,7-8H2. The quantitative estimate of drug-likeness (QED) is 0.600. The highest BCUT2D eigenvalue weighted by Gasteiger charge is 2.09. The minimum atomic E-state index is 0.0187. The number of ether oxygens (including phenoxy) is 2. The molecule has 0 atom stereocenters. The molecule has 2 aromatic rings. The normalized spacial score (nSPS) is 10.5. The second-order valence-electron chi connectivity index (χ2n) is 4.60. The molecule has 1 N–H and O–H groups in total. The molecule has 0 saturated carbocycles. The number of aromatic hydroxyl groups is 1. The summed E-state index contributed by atoms with van der Waals surface area (Å²) in [6.07, 6.45) is 1.66. The van der Waals surface area contributed by atoms with E-state index in [1.54, 1.807) is 0 Å². The van der Waals surface area contributed by atoms with Gasteiger partial charge in [-0.15, -0.1) is 0 Å². The fourth-order valence-corrected chi connectivity index (χ4v) is 2.63. The molecule has 0 amide bonds. The SMILES string of the molecule is Oc1cc(Cl)c(OCCCCOc2ccc(Br)cc2)c(Cl)c1. The van der Waals surface area contributed by atoms with Gasteiger partial charge in [0.15, 0.2) is 5.75 Å². The van der Waals surface area contributed by atoms with E-state index < -0.39 is 0 Å². The van der Waals surface area contributed by atoms with Crippen LogP contribution in [0.15, 0.2) is 40.9 Å². The highest BCUT2D eigenvalue weighted by molar-refractivity contribution is 9.10. The summed E-state index contributed by atoms with van der Waals surface area (Å²) < 4.78 is 12.2. The van der Waals surface area contributed by atoms with Crippen LogP contribution in [0.3, 0.4) is 0 Å². The topological polar surface area (TPSA) is 38.7 Å². The first-order valence-corrected chi connectivity index (χ1v) is 8.30. The van der Waals surface area contributed by atoms with Crippen molar-refractivity contribution in [2.75, 3.05) is 13.2 Å². The summed E-state index contributed by atoms with van der Waals surface area (Å²) in [6.45, 7) is 1.09. The van der Waals surface area contributed by atoms with E-state index >= 15 is 0 Å². The molecule has 0 unspecified atom stereocenters. The first-order valence-electron chi connectivity index (χ1n) is 6.75. The summed E-state index contributed by atoms with van der Waals surface area (Å²) in [5, 5.41) is 9.95. The molecule has 22 heavy (non-hydrogen) atoms. The predicted molar refractivity (Wildman–Crippen MR) is 92.5 cm³/mol. The van der Waals surface area contributed by atoms with Gasteiger partial charge in [-0.05, 0) is 37.1 Å². The van der Waals surface area contributed by atoms with Crippen LogP contribution in [0.2, 0.25) is 10.0 Å². The van der Waals surface area contributed by atoms with Crippen molar-refractivity contribution in [3.05, 3.63) is 50.9 Å². The molecule has 2 aromatic carbocycles. The van der Waals surface area contributed by atoms with Crippen molar-refractivity contribution in [2.45, 2.75) is 12.8 Å². The van der Waals surface area contributed by atoms with Crippen LogP contribution in [0.25, 0.3) is 0 Å². The molecule has 0 heterocycles. The molecule has 3 nitrogen and oxygen atoms in total. The lowest BCUT2D eigenvalue weighted by molar-refractivity contribution is 0.266. The molecule has 0 saturated heterocycles. The summed E-state index contributed by atoms with van der Waals surface area (Å²) in [5.41, 5.74) is 0. The summed E-state index contributed by atoms with van der Waals surface area (Å²) in [4.78, 5) is 0. The third-order valence-electron chi connectivity index (χ3n) is 2.85. The third-order valence-corrected chi connectivity index (χ3v) is 3.94. The zero-order valence-corrected chi connectivity index (χ0v) is 14.8. The molecule has 6 heteroatoms. The number of rotatable bonds is 7. The minimum Gasteiger partial charge on any atom is -0.508 e. The van der Waals surface area contributed by atoms with Gasteiger partial charge in [0.25, 0.3) is 0 Å². The number of phenolic OH excluding ortho intramolecular Hbond substituents is 1. The molecule has 0 aliphatic rings. The zero-order chi connectivity index (χ0) is 15.9. The van der Waals surface area contributed by atoms with Crippen molar-refractivity contribution in [2.24, 2.45) is 0 Å². The van der Waals surface area contributed by atoms with E-state index in [-0.39, 0.29) is 5.75 Å². The van der Waals surface area contributed by atoms with E-state index in [0.29, 0.717) is 29.0 Å². The molecule has 0 aliphatic carbocycles. The number of halogens is 3. The number of phenols is 1. The van der Waals surface area contributed by atoms with Gasteiger partial charge >= 0.3 is 0 Å². The van der Waals surface area contributed by atoms with Crippen LogP contribution in [-0.2, 0) is 0 Å². The Bertz CT molecular complexity index is 594. The molecule has 118 valence electrons. The van der Waals surface area contributed by atoms with Gasteiger partial charge in [0, 0.05) is 16.6 Å². The fraction of sp³-hybridized carbons (Fsp3) is 0.250. The zero-order valence-electron chi connectivity index (χ0n) is 11.7. The minimum absolute atomic E-state index is 0.0187. The Kier molecular flexibility index (Phi) is 6.68. The fourth-order valence-electron chi connectivity index (χ4n) is 1.78. The molecule has 0 aromatic heterocycles. The molecular weight excluding hydrogens is 391 g/mol. The molecule has 0 radical (unpaired) electrons. The van der Waals surface area contributed by atoms with E-state index in [1.165, 1.54) is 12.1 Å². The van der Waals surface area contributed by atoms with E-state index in [0.717, 1.165) is 23.1 Å². The number of hydrogen-bond donors (Lipinski definition) is 1. The Morgan fingerprint density at radius 2 is 1.45 bits per heavy atom. The van der Waals surface area contributed by atoms with E-state index in [2.05, 4.69) is 15.9 Å². The Labute approximate surface area is 147 Å². The average Bonchev–Trinajstić information content (AvgIpc) is 2.46. The lowest BCUT2D eigenvalue weighted by Crippen LogP contribution is -2.03. The maximum absolute atomic E-state index is 9.34. The van der Waals surface area contributed by atoms with Gasteiger partial charge in [0.1, 0.15) is 11.5 Å². The Morgan fingerprint density at radius 1 is 0.909 bits per heavy atom. The van der Waals surface area contributed by atoms with Crippen LogP contribution >= 0.6 is 39.1 Å². The van der Waals surface area contributed by atoms with E-state index in [1.807, 2.05) is 24.3 Å². The Balaban J connectivity index is 1.68. The predicted octanol–water partition coefficient (Wildman–Crippen LogP) is 5.70. The van der Waals surface area contributed by atoms with Crippen molar-refractivity contribution in [3.8, 4) is 17.2 Å². The van der Waals surface area contributed by atoms with Gasteiger partial charge in [0.2, 0.25) is 0 Å². The third kappa shape index (κ3) is 5.27. The maximum atomic E-state index is 9.34. The van der Waals surface area contributed by atoms with Gasteiger partial charge in [-0.3, -0.25) is 0 Å². The summed E-state index contributed by atoms with van der Waals surface area (Å²) in [6, 6.07) is 10.5. The first kappa shape index (κ1) is 17.3. The second kappa shape index (κ2) is 8.51. The monoisotopic (exact) mass is 404 g/mol.